The largest absolute Gasteiger partial charge is 0.457 e. The molecule has 2 aliphatic rings. The highest BCUT2D eigenvalue weighted by atomic mass is 16.5. The lowest BCUT2D eigenvalue weighted by Crippen LogP contribution is -2.37. The van der Waals surface area contributed by atoms with Crippen LogP contribution in [-0.4, -0.2) is 4.57 Å². The highest BCUT2D eigenvalue weighted by molar-refractivity contribution is 6.09. The van der Waals surface area contributed by atoms with Gasteiger partial charge < -0.3 is 14.2 Å². The molecular weight excluding hydrogens is 741 g/mol. The highest BCUT2D eigenvalue weighted by Crippen LogP contribution is 2.56. The fraction of sp³-hybridized carbons (Fsp3) is 0.207. The number of hydrogen-bond acceptors (Lipinski definition) is 2. The van der Waals surface area contributed by atoms with Crippen molar-refractivity contribution in [1.82, 2.24) is 4.57 Å². The summed E-state index contributed by atoms with van der Waals surface area (Å²) >= 11 is 0. The number of hydrogen-bond donors (Lipinski definition) is 0. The van der Waals surface area contributed by atoms with E-state index in [1.165, 1.54) is 75.0 Å². The molecule has 300 valence electrons. The van der Waals surface area contributed by atoms with Gasteiger partial charge in [0, 0.05) is 39.3 Å². The normalized spacial score (nSPS) is 20.0. The third-order valence-corrected chi connectivity index (χ3v) is 13.9. The van der Waals surface area contributed by atoms with Crippen LogP contribution in [-0.2, 0) is 0 Å². The van der Waals surface area contributed by atoms with Gasteiger partial charge in [0.05, 0.1) is 16.7 Å². The van der Waals surface area contributed by atoms with E-state index in [0.717, 1.165) is 51.6 Å². The van der Waals surface area contributed by atoms with E-state index in [9.17, 15) is 0 Å². The van der Waals surface area contributed by atoms with Crippen molar-refractivity contribution < 1.29 is 4.74 Å². The highest BCUT2D eigenvalue weighted by Gasteiger charge is 2.43. The summed E-state index contributed by atoms with van der Waals surface area (Å²) in [4.78, 5) is 2.43. The van der Waals surface area contributed by atoms with Crippen LogP contribution in [0.5, 0.6) is 11.5 Å². The Bertz CT molecular complexity index is 2940. The van der Waals surface area contributed by atoms with Crippen molar-refractivity contribution in [3.8, 4) is 28.3 Å². The van der Waals surface area contributed by atoms with Crippen LogP contribution in [0.3, 0.4) is 0 Å². The Morgan fingerprint density at radius 2 is 1.03 bits per heavy atom. The monoisotopic (exact) mass is 792 g/mol. The molecule has 9 aromatic rings. The van der Waals surface area contributed by atoms with Gasteiger partial charge in [-0.05, 0) is 144 Å². The number of aryl methyl sites for hydroxylation is 1. The second-order valence-electron chi connectivity index (χ2n) is 18.1. The van der Waals surface area contributed by atoms with Crippen LogP contribution < -0.4 is 9.64 Å². The maximum absolute atomic E-state index is 7.09. The van der Waals surface area contributed by atoms with E-state index in [-0.39, 0.29) is 0 Å². The minimum Gasteiger partial charge on any atom is -0.457 e. The molecule has 0 amide bonds. The summed E-state index contributed by atoms with van der Waals surface area (Å²) in [5, 5.41) is 4.98. The van der Waals surface area contributed by atoms with Crippen LogP contribution in [0, 0.1) is 30.6 Å². The zero-order chi connectivity index (χ0) is 41.0. The molecule has 11 rings (SSSR count). The number of aromatic nitrogens is 1. The van der Waals surface area contributed by atoms with E-state index < -0.39 is 0 Å². The fourth-order valence-corrected chi connectivity index (χ4v) is 11.4. The molecule has 0 saturated heterocycles. The zero-order valence-electron chi connectivity index (χ0n) is 35.3. The summed E-state index contributed by atoms with van der Waals surface area (Å²) in [6.45, 7) is 7.09. The van der Waals surface area contributed by atoms with E-state index >= 15 is 0 Å². The molecule has 1 aromatic heterocycles. The molecule has 0 radical (unpaired) electrons. The minimum atomic E-state index is 0.507. The van der Waals surface area contributed by atoms with Gasteiger partial charge in [-0.1, -0.05) is 135 Å². The number of anilines is 3. The van der Waals surface area contributed by atoms with Crippen LogP contribution in [0.25, 0.3) is 49.4 Å². The molecule has 2 saturated carbocycles. The lowest BCUT2D eigenvalue weighted by molar-refractivity contribution is 0.0784. The first-order chi connectivity index (χ1) is 30.0. The number of fused-ring (bicyclic) bond motifs is 6. The van der Waals surface area contributed by atoms with Crippen molar-refractivity contribution in [2.45, 2.75) is 52.4 Å². The van der Waals surface area contributed by atoms with E-state index in [0.29, 0.717) is 17.8 Å². The standard InChI is InChI=1S/C58H52N2O/c1-38-33-44-35-39(2)36-45(34-38)58(44)52-32-31-48(37-57(52)61-56-22-11-4-13-40(56)3)59(53-21-12-15-43-14-5-6-16-49(43)53)46-27-23-41(24-28-46)42-25-29-47(30-26-42)60-54-19-9-7-17-50(54)51-18-8-10-20-55(51)60/h4-32,37-39,44-45,58H,33-36H2,1-3H3. The molecule has 2 aliphatic carbocycles. The topological polar surface area (TPSA) is 17.4 Å². The zero-order valence-corrected chi connectivity index (χ0v) is 35.3. The lowest BCUT2D eigenvalue weighted by Gasteiger charge is -2.48. The van der Waals surface area contributed by atoms with Gasteiger partial charge in [-0.15, -0.1) is 0 Å². The third-order valence-electron chi connectivity index (χ3n) is 13.9. The molecule has 1 heterocycles. The molecular formula is C58H52N2O. The maximum atomic E-state index is 7.09. The van der Waals surface area contributed by atoms with Crippen LogP contribution >= 0.6 is 0 Å². The second-order valence-corrected chi connectivity index (χ2v) is 18.1. The van der Waals surface area contributed by atoms with Gasteiger partial charge in [0.15, 0.2) is 0 Å². The van der Waals surface area contributed by atoms with Crippen molar-refractivity contribution in [3.05, 3.63) is 193 Å². The van der Waals surface area contributed by atoms with Crippen LogP contribution in [0.15, 0.2) is 182 Å². The Morgan fingerprint density at radius 3 is 1.69 bits per heavy atom. The average Bonchev–Trinajstić information content (AvgIpc) is 3.62. The predicted octanol–water partition coefficient (Wildman–Crippen LogP) is 16.4. The Labute approximate surface area is 359 Å². The van der Waals surface area contributed by atoms with Crippen LogP contribution in [0.1, 0.15) is 56.6 Å². The Morgan fingerprint density at radius 1 is 0.492 bits per heavy atom. The van der Waals surface area contributed by atoms with Crippen molar-refractivity contribution >= 4 is 49.6 Å². The third kappa shape index (κ3) is 6.77. The summed E-state index contributed by atoms with van der Waals surface area (Å²) in [7, 11) is 0. The summed E-state index contributed by atoms with van der Waals surface area (Å²) < 4.78 is 9.47. The summed E-state index contributed by atoms with van der Waals surface area (Å²) in [5.41, 5.74) is 11.8. The van der Waals surface area contributed by atoms with Gasteiger partial charge >= 0.3 is 0 Å². The van der Waals surface area contributed by atoms with E-state index in [2.05, 4.69) is 212 Å². The van der Waals surface area contributed by atoms with Gasteiger partial charge in [0.2, 0.25) is 0 Å². The molecule has 3 nitrogen and oxygen atoms in total. The van der Waals surface area contributed by atoms with Crippen molar-refractivity contribution in [3.63, 3.8) is 0 Å². The van der Waals surface area contributed by atoms with Gasteiger partial charge in [-0.3, -0.25) is 0 Å². The van der Waals surface area contributed by atoms with E-state index in [1.54, 1.807) is 0 Å². The number of para-hydroxylation sites is 3. The van der Waals surface area contributed by atoms with Gasteiger partial charge in [-0.2, -0.15) is 0 Å². The smallest absolute Gasteiger partial charge is 0.133 e. The molecule has 0 unspecified atom stereocenters. The van der Waals surface area contributed by atoms with Gasteiger partial charge in [0.1, 0.15) is 11.5 Å². The number of nitrogens with zero attached hydrogens (tertiary/aromatic N) is 2. The molecule has 61 heavy (non-hydrogen) atoms. The van der Waals surface area contributed by atoms with E-state index in [1.807, 2.05) is 0 Å². The summed E-state index contributed by atoms with van der Waals surface area (Å²) in [5.74, 6) is 5.34. The quantitative estimate of drug-likeness (QED) is 0.152. The number of benzene rings is 8. The van der Waals surface area contributed by atoms with E-state index in [4.69, 9.17) is 4.74 Å². The van der Waals surface area contributed by atoms with Crippen LogP contribution in [0.4, 0.5) is 17.1 Å². The first-order valence-electron chi connectivity index (χ1n) is 22.3. The molecule has 0 aliphatic heterocycles. The van der Waals surface area contributed by atoms with Crippen molar-refractivity contribution in [2.75, 3.05) is 4.90 Å². The maximum Gasteiger partial charge on any atom is 0.133 e. The van der Waals surface area contributed by atoms with Gasteiger partial charge in [-0.25, -0.2) is 0 Å². The van der Waals surface area contributed by atoms with Crippen molar-refractivity contribution in [2.24, 2.45) is 23.7 Å². The minimum absolute atomic E-state index is 0.507. The molecule has 2 fully saturated rings. The molecule has 2 bridgehead atoms. The SMILES string of the molecule is Cc1ccccc1Oc1cc(N(c2ccc(-c3ccc(-n4c5ccccc5c5ccccc54)cc3)cc2)c2cccc3ccccc23)ccc1C1C2CC(C)CC1CC(C)C2. The lowest BCUT2D eigenvalue weighted by atomic mass is 9.57. The molecule has 0 spiro atoms. The molecule has 3 heteroatoms. The van der Waals surface area contributed by atoms with Crippen LogP contribution in [0.2, 0.25) is 0 Å². The first kappa shape index (κ1) is 37.4. The second kappa shape index (κ2) is 15.5. The Hall–Kier alpha value is -6.58. The van der Waals surface area contributed by atoms with Crippen molar-refractivity contribution in [1.29, 1.82) is 0 Å². The Balaban J connectivity index is 1.00. The molecule has 0 atom stereocenters. The Kier molecular flexibility index (Phi) is 9.49. The fourth-order valence-electron chi connectivity index (χ4n) is 11.4. The summed E-state index contributed by atoms with van der Waals surface area (Å²) in [6.07, 6.45) is 5.20. The predicted molar refractivity (Wildman–Crippen MR) is 256 cm³/mol. The average molecular weight is 793 g/mol. The summed E-state index contributed by atoms with van der Waals surface area (Å²) in [6, 6.07) is 66.5. The number of ether oxygens (including phenoxy) is 1. The van der Waals surface area contributed by atoms with Gasteiger partial charge in [0.25, 0.3) is 0 Å². The first-order valence-corrected chi connectivity index (χ1v) is 22.3. The molecule has 0 N–H and O–H groups in total. The number of rotatable bonds is 8. The molecule has 8 aromatic carbocycles.